The molecule has 2 nitrogen and oxygen atoms in total. The Bertz CT molecular complexity index is 554. The largest absolute Gasteiger partial charge is 0.325 e. The summed E-state index contributed by atoms with van der Waals surface area (Å²) in [7, 11) is 0. The molecule has 1 N–H and O–H groups in total. The van der Waals surface area contributed by atoms with Crippen molar-refractivity contribution < 1.29 is 4.79 Å². The number of thiol groups is 1. The number of rotatable bonds is 4. The number of amides is 1. The first-order valence-electron chi connectivity index (χ1n) is 6.25. The third-order valence-corrected chi connectivity index (χ3v) is 3.39. The molecule has 2 aromatic carbocycles. The van der Waals surface area contributed by atoms with E-state index in [1.807, 2.05) is 61.5 Å². The second-order valence-corrected chi connectivity index (χ2v) is 5.13. The highest BCUT2D eigenvalue weighted by molar-refractivity contribution is 7.81. The molecule has 98 valence electrons. The van der Waals surface area contributed by atoms with Gasteiger partial charge in [0.05, 0.1) is 5.25 Å². The smallest absolute Gasteiger partial charge is 0.237 e. The summed E-state index contributed by atoms with van der Waals surface area (Å²) in [6.07, 6.45) is 0.627. The zero-order valence-electron chi connectivity index (χ0n) is 10.8. The van der Waals surface area contributed by atoms with Gasteiger partial charge in [-0.1, -0.05) is 48.5 Å². The van der Waals surface area contributed by atoms with Crippen LogP contribution in [0.25, 0.3) is 0 Å². The molecule has 0 spiro atoms. The van der Waals surface area contributed by atoms with E-state index >= 15 is 0 Å². The highest BCUT2D eigenvalue weighted by Gasteiger charge is 2.15. The van der Waals surface area contributed by atoms with Gasteiger partial charge in [0.15, 0.2) is 0 Å². The van der Waals surface area contributed by atoms with Gasteiger partial charge in [-0.25, -0.2) is 0 Å². The molecule has 0 radical (unpaired) electrons. The molecule has 1 amide bonds. The molecule has 0 fully saturated rings. The molecule has 0 aliphatic heterocycles. The molecule has 0 aromatic heterocycles. The molecule has 0 saturated heterocycles. The average molecular weight is 271 g/mol. The topological polar surface area (TPSA) is 29.1 Å². The van der Waals surface area contributed by atoms with Crippen molar-refractivity contribution in [1.29, 1.82) is 0 Å². The summed E-state index contributed by atoms with van der Waals surface area (Å²) in [5, 5.41) is 2.57. The number of anilines is 1. The van der Waals surface area contributed by atoms with Crippen LogP contribution in [0.4, 0.5) is 5.69 Å². The number of benzene rings is 2. The Kier molecular flexibility index (Phi) is 4.63. The van der Waals surface area contributed by atoms with E-state index in [0.717, 1.165) is 16.8 Å². The summed E-state index contributed by atoms with van der Waals surface area (Å²) >= 11 is 4.39. The first-order valence-corrected chi connectivity index (χ1v) is 6.77. The zero-order chi connectivity index (χ0) is 13.7. The number of carbonyl (C=O) groups excluding carboxylic acids is 1. The van der Waals surface area contributed by atoms with Gasteiger partial charge < -0.3 is 5.32 Å². The van der Waals surface area contributed by atoms with Crippen LogP contribution in [-0.2, 0) is 11.2 Å². The highest BCUT2D eigenvalue weighted by Crippen LogP contribution is 2.15. The summed E-state index contributed by atoms with van der Waals surface area (Å²) in [6.45, 7) is 1.97. The Balaban J connectivity index is 1.99. The molecule has 2 aromatic rings. The molecule has 2 rings (SSSR count). The van der Waals surface area contributed by atoms with Gasteiger partial charge in [0, 0.05) is 5.69 Å². The third-order valence-electron chi connectivity index (χ3n) is 2.98. The molecule has 0 saturated carbocycles. The van der Waals surface area contributed by atoms with Crippen molar-refractivity contribution in [1.82, 2.24) is 0 Å². The van der Waals surface area contributed by atoms with Crippen LogP contribution in [0, 0.1) is 6.92 Å². The minimum Gasteiger partial charge on any atom is -0.325 e. The fourth-order valence-corrected chi connectivity index (χ4v) is 2.13. The minimum atomic E-state index is -0.345. The Hall–Kier alpha value is -1.74. The monoisotopic (exact) mass is 271 g/mol. The Morgan fingerprint density at radius 2 is 1.74 bits per heavy atom. The summed E-state index contributed by atoms with van der Waals surface area (Å²) in [6, 6.07) is 17.6. The molecule has 0 bridgehead atoms. The Morgan fingerprint density at radius 3 is 2.42 bits per heavy atom. The standard InChI is InChI=1S/C16H17NOS/c1-12-7-5-6-10-14(12)17-16(18)15(19)11-13-8-3-2-4-9-13/h2-10,15,19H,11H2,1H3,(H,17,18). The van der Waals surface area contributed by atoms with Gasteiger partial charge in [-0.3, -0.25) is 4.79 Å². The quantitative estimate of drug-likeness (QED) is 0.819. The van der Waals surface area contributed by atoms with Crippen LogP contribution in [0.15, 0.2) is 54.6 Å². The number of aryl methyl sites for hydroxylation is 1. The number of hydrogen-bond acceptors (Lipinski definition) is 2. The summed E-state index contributed by atoms with van der Waals surface area (Å²) in [4.78, 5) is 12.1. The number of carbonyl (C=O) groups is 1. The molecule has 3 heteroatoms. The van der Waals surface area contributed by atoms with Crippen LogP contribution in [0.2, 0.25) is 0 Å². The van der Waals surface area contributed by atoms with E-state index in [1.165, 1.54) is 0 Å². The minimum absolute atomic E-state index is 0.0681. The van der Waals surface area contributed by atoms with Crippen LogP contribution in [0.1, 0.15) is 11.1 Å². The van der Waals surface area contributed by atoms with Crippen LogP contribution >= 0.6 is 12.6 Å². The molecular formula is C16H17NOS. The van der Waals surface area contributed by atoms with Crippen LogP contribution in [0.3, 0.4) is 0 Å². The normalized spacial score (nSPS) is 11.9. The first kappa shape index (κ1) is 13.7. The maximum Gasteiger partial charge on any atom is 0.237 e. The van der Waals surface area contributed by atoms with E-state index in [1.54, 1.807) is 0 Å². The van der Waals surface area contributed by atoms with E-state index in [4.69, 9.17) is 0 Å². The van der Waals surface area contributed by atoms with Crippen molar-refractivity contribution in [3.05, 3.63) is 65.7 Å². The lowest BCUT2D eigenvalue weighted by molar-refractivity contribution is -0.115. The van der Waals surface area contributed by atoms with Crippen molar-refractivity contribution in [3.8, 4) is 0 Å². The van der Waals surface area contributed by atoms with Gasteiger partial charge in [0.2, 0.25) is 5.91 Å². The molecule has 0 aliphatic rings. The fraction of sp³-hybridized carbons (Fsp3) is 0.188. The maximum absolute atomic E-state index is 12.1. The fourth-order valence-electron chi connectivity index (χ4n) is 1.86. The molecule has 0 heterocycles. The van der Waals surface area contributed by atoms with E-state index in [9.17, 15) is 4.79 Å². The molecule has 1 unspecified atom stereocenters. The van der Waals surface area contributed by atoms with Crippen molar-refractivity contribution in [3.63, 3.8) is 0 Å². The number of para-hydroxylation sites is 1. The second kappa shape index (κ2) is 6.43. The van der Waals surface area contributed by atoms with E-state index in [2.05, 4.69) is 17.9 Å². The van der Waals surface area contributed by atoms with Crippen molar-refractivity contribution in [2.75, 3.05) is 5.32 Å². The maximum atomic E-state index is 12.1. The predicted octanol–water partition coefficient (Wildman–Crippen LogP) is 3.47. The first-order chi connectivity index (χ1) is 9.16. The van der Waals surface area contributed by atoms with Crippen LogP contribution in [-0.4, -0.2) is 11.2 Å². The van der Waals surface area contributed by atoms with E-state index in [-0.39, 0.29) is 11.2 Å². The molecular weight excluding hydrogens is 254 g/mol. The van der Waals surface area contributed by atoms with Crippen molar-refractivity contribution in [2.45, 2.75) is 18.6 Å². The summed E-state index contributed by atoms with van der Waals surface area (Å²) in [5.74, 6) is -0.0681. The molecule has 1 atom stereocenters. The van der Waals surface area contributed by atoms with Gasteiger partial charge in [-0.2, -0.15) is 12.6 Å². The summed E-state index contributed by atoms with van der Waals surface area (Å²) in [5.41, 5.74) is 3.01. The lowest BCUT2D eigenvalue weighted by Gasteiger charge is -2.13. The average Bonchev–Trinajstić information content (AvgIpc) is 2.42. The van der Waals surface area contributed by atoms with E-state index < -0.39 is 0 Å². The Morgan fingerprint density at radius 1 is 1.11 bits per heavy atom. The number of hydrogen-bond donors (Lipinski definition) is 2. The Labute approximate surface area is 119 Å². The van der Waals surface area contributed by atoms with Gasteiger partial charge in [-0.05, 0) is 30.5 Å². The summed E-state index contributed by atoms with van der Waals surface area (Å²) < 4.78 is 0. The SMILES string of the molecule is Cc1ccccc1NC(=O)C(S)Cc1ccccc1. The second-order valence-electron chi connectivity index (χ2n) is 4.51. The van der Waals surface area contributed by atoms with Gasteiger partial charge in [0.1, 0.15) is 0 Å². The van der Waals surface area contributed by atoms with Gasteiger partial charge >= 0.3 is 0 Å². The molecule has 19 heavy (non-hydrogen) atoms. The van der Waals surface area contributed by atoms with Gasteiger partial charge in [0.25, 0.3) is 0 Å². The molecule has 0 aliphatic carbocycles. The van der Waals surface area contributed by atoms with Crippen LogP contribution in [0.5, 0.6) is 0 Å². The van der Waals surface area contributed by atoms with Crippen molar-refractivity contribution >= 4 is 24.2 Å². The third kappa shape index (κ3) is 3.86. The lowest BCUT2D eigenvalue weighted by Crippen LogP contribution is -2.25. The van der Waals surface area contributed by atoms with Crippen LogP contribution < -0.4 is 5.32 Å². The van der Waals surface area contributed by atoms with E-state index in [0.29, 0.717) is 6.42 Å². The lowest BCUT2D eigenvalue weighted by atomic mass is 10.1. The highest BCUT2D eigenvalue weighted by atomic mass is 32.1. The predicted molar refractivity (Wildman–Crippen MR) is 82.7 cm³/mol. The van der Waals surface area contributed by atoms with Crippen molar-refractivity contribution in [2.24, 2.45) is 0 Å². The van der Waals surface area contributed by atoms with Gasteiger partial charge in [-0.15, -0.1) is 0 Å². The number of nitrogens with one attached hydrogen (secondary N) is 1. The zero-order valence-corrected chi connectivity index (χ0v) is 11.7.